The highest BCUT2D eigenvalue weighted by atomic mass is 32.2. The zero-order valence-electron chi connectivity index (χ0n) is 19.8. The molecule has 0 aliphatic heterocycles. The van der Waals surface area contributed by atoms with Gasteiger partial charge < -0.3 is 9.72 Å². The minimum absolute atomic E-state index is 0.0745. The van der Waals surface area contributed by atoms with E-state index in [9.17, 15) is 4.79 Å². The van der Waals surface area contributed by atoms with Gasteiger partial charge in [0.05, 0.1) is 11.0 Å². The zero-order valence-corrected chi connectivity index (χ0v) is 20.6. The molecular formula is C27H27N5O2S. The predicted octanol–water partition coefficient (Wildman–Crippen LogP) is 5.29. The smallest absolute Gasteiger partial charge is 0.326 e. The first-order valence-corrected chi connectivity index (χ1v) is 12.6. The van der Waals surface area contributed by atoms with Gasteiger partial charge in [-0.25, -0.2) is 4.79 Å². The van der Waals surface area contributed by atoms with Gasteiger partial charge in [0.15, 0.2) is 11.0 Å². The van der Waals surface area contributed by atoms with Gasteiger partial charge in [0.1, 0.15) is 12.4 Å². The Morgan fingerprint density at radius 2 is 1.66 bits per heavy atom. The summed E-state index contributed by atoms with van der Waals surface area (Å²) in [5.41, 5.74) is 4.90. The Kier molecular flexibility index (Phi) is 6.72. The lowest BCUT2D eigenvalue weighted by Crippen LogP contribution is -2.17. The second-order valence-corrected chi connectivity index (χ2v) is 9.44. The lowest BCUT2D eigenvalue weighted by Gasteiger charge is -2.13. The molecule has 35 heavy (non-hydrogen) atoms. The maximum Gasteiger partial charge on any atom is 0.326 e. The van der Waals surface area contributed by atoms with Crippen LogP contribution in [0.25, 0.3) is 16.7 Å². The van der Waals surface area contributed by atoms with Gasteiger partial charge in [-0.15, -0.1) is 10.2 Å². The Balaban J connectivity index is 1.32. The van der Waals surface area contributed by atoms with Crippen LogP contribution in [0.5, 0.6) is 5.75 Å². The molecule has 0 amide bonds. The summed E-state index contributed by atoms with van der Waals surface area (Å²) in [6.45, 7) is 5.05. The number of thioether (sulfide) groups is 1. The van der Waals surface area contributed by atoms with Crippen molar-refractivity contribution in [2.45, 2.75) is 38.6 Å². The molecule has 0 spiro atoms. The Labute approximate surface area is 207 Å². The molecule has 2 aromatic heterocycles. The molecule has 8 heteroatoms. The van der Waals surface area contributed by atoms with Crippen LogP contribution in [0.3, 0.4) is 0 Å². The predicted molar refractivity (Wildman–Crippen MR) is 140 cm³/mol. The van der Waals surface area contributed by atoms with Crippen molar-refractivity contribution < 1.29 is 4.74 Å². The van der Waals surface area contributed by atoms with E-state index in [1.165, 1.54) is 0 Å². The summed E-state index contributed by atoms with van der Waals surface area (Å²) in [5.74, 6) is 2.43. The molecular weight excluding hydrogens is 458 g/mol. The number of benzene rings is 3. The van der Waals surface area contributed by atoms with Crippen molar-refractivity contribution in [3.05, 3.63) is 100 Å². The Morgan fingerprint density at radius 3 is 2.46 bits per heavy atom. The Hall–Kier alpha value is -3.78. The molecule has 0 atom stereocenters. The van der Waals surface area contributed by atoms with E-state index in [0.29, 0.717) is 13.2 Å². The van der Waals surface area contributed by atoms with Crippen molar-refractivity contribution in [3.63, 3.8) is 0 Å². The molecule has 5 rings (SSSR count). The number of rotatable bonds is 9. The number of aromatic nitrogens is 5. The summed E-state index contributed by atoms with van der Waals surface area (Å²) >= 11 is 1.63. The fraction of sp³-hybridized carbons (Fsp3) is 0.222. The monoisotopic (exact) mass is 485 g/mol. The SMILES string of the molecule is Cc1cccc(C)c1OCc1nnc(SCCCn2c(=O)[nH]c3ccccc32)n1-c1ccccc1. The number of fused-ring (bicyclic) bond motifs is 1. The van der Waals surface area contributed by atoms with Gasteiger partial charge in [0.25, 0.3) is 0 Å². The molecule has 0 unspecified atom stereocenters. The van der Waals surface area contributed by atoms with Crippen LogP contribution in [-0.2, 0) is 13.2 Å². The molecule has 2 heterocycles. The van der Waals surface area contributed by atoms with E-state index >= 15 is 0 Å². The summed E-state index contributed by atoms with van der Waals surface area (Å²) in [5, 5.41) is 9.74. The first-order chi connectivity index (χ1) is 17.1. The Bertz CT molecular complexity index is 1480. The number of hydrogen-bond donors (Lipinski definition) is 1. The van der Waals surface area contributed by atoms with Crippen LogP contribution in [0.4, 0.5) is 0 Å². The molecule has 178 valence electrons. The van der Waals surface area contributed by atoms with Crippen molar-refractivity contribution in [1.82, 2.24) is 24.3 Å². The Morgan fingerprint density at radius 1 is 0.914 bits per heavy atom. The fourth-order valence-electron chi connectivity index (χ4n) is 4.20. The normalized spacial score (nSPS) is 11.3. The molecule has 0 bridgehead atoms. The van der Waals surface area contributed by atoms with Crippen molar-refractivity contribution in [1.29, 1.82) is 0 Å². The second-order valence-electron chi connectivity index (χ2n) is 8.38. The summed E-state index contributed by atoms with van der Waals surface area (Å²) in [6, 6.07) is 24.0. The lowest BCUT2D eigenvalue weighted by atomic mass is 10.1. The van der Waals surface area contributed by atoms with Crippen LogP contribution < -0.4 is 10.4 Å². The summed E-state index contributed by atoms with van der Waals surface area (Å²) in [6.07, 6.45) is 0.822. The van der Waals surface area contributed by atoms with E-state index in [1.54, 1.807) is 16.3 Å². The quantitative estimate of drug-likeness (QED) is 0.227. The standard InChI is InChI=1S/C27H27N5O2S/c1-19-10-8-11-20(2)25(19)34-18-24-29-30-27(32(24)21-12-4-3-5-13-21)35-17-9-16-31-23-15-7-6-14-22(23)28-26(31)33/h3-8,10-15H,9,16-18H2,1-2H3,(H,28,33). The second kappa shape index (κ2) is 10.2. The van der Waals surface area contributed by atoms with E-state index in [-0.39, 0.29) is 5.69 Å². The third kappa shape index (κ3) is 4.88. The number of nitrogens with one attached hydrogen (secondary N) is 1. The van der Waals surface area contributed by atoms with E-state index in [2.05, 4.69) is 19.7 Å². The van der Waals surface area contributed by atoms with Crippen molar-refractivity contribution in [2.24, 2.45) is 0 Å². The van der Waals surface area contributed by atoms with Gasteiger partial charge in [0, 0.05) is 18.0 Å². The highest BCUT2D eigenvalue weighted by molar-refractivity contribution is 7.99. The minimum Gasteiger partial charge on any atom is -0.485 e. The number of para-hydroxylation sites is 4. The number of aryl methyl sites for hydroxylation is 3. The number of imidazole rings is 1. The van der Waals surface area contributed by atoms with Crippen molar-refractivity contribution in [3.8, 4) is 11.4 Å². The highest BCUT2D eigenvalue weighted by Gasteiger charge is 2.16. The van der Waals surface area contributed by atoms with Crippen LogP contribution in [0.1, 0.15) is 23.4 Å². The molecule has 0 saturated heterocycles. The first kappa shape index (κ1) is 23.0. The molecule has 3 aromatic carbocycles. The molecule has 0 saturated carbocycles. The number of aromatic amines is 1. The number of ether oxygens (including phenoxy) is 1. The van der Waals surface area contributed by atoms with Crippen LogP contribution in [0, 0.1) is 13.8 Å². The summed E-state index contributed by atoms with van der Waals surface area (Å²) in [4.78, 5) is 15.3. The van der Waals surface area contributed by atoms with Gasteiger partial charge >= 0.3 is 5.69 Å². The average Bonchev–Trinajstić information content (AvgIpc) is 3.42. The topological polar surface area (TPSA) is 77.7 Å². The van der Waals surface area contributed by atoms with Crippen molar-refractivity contribution in [2.75, 3.05) is 5.75 Å². The fourth-order valence-corrected chi connectivity index (χ4v) is 5.10. The van der Waals surface area contributed by atoms with Crippen LogP contribution >= 0.6 is 11.8 Å². The van der Waals surface area contributed by atoms with E-state index in [0.717, 1.165) is 56.8 Å². The van der Waals surface area contributed by atoms with Crippen molar-refractivity contribution >= 4 is 22.8 Å². The molecule has 0 radical (unpaired) electrons. The van der Waals surface area contributed by atoms with Crippen LogP contribution in [0.2, 0.25) is 0 Å². The van der Waals surface area contributed by atoms with E-state index in [1.807, 2.05) is 86.6 Å². The third-order valence-electron chi connectivity index (χ3n) is 5.91. The van der Waals surface area contributed by atoms with Gasteiger partial charge in [-0.2, -0.15) is 0 Å². The summed E-state index contributed by atoms with van der Waals surface area (Å²) < 4.78 is 10.0. The van der Waals surface area contributed by atoms with Gasteiger partial charge in [-0.1, -0.05) is 60.3 Å². The van der Waals surface area contributed by atoms with Gasteiger partial charge in [-0.05, 0) is 55.7 Å². The maximum atomic E-state index is 12.3. The third-order valence-corrected chi connectivity index (χ3v) is 6.92. The molecule has 5 aromatic rings. The maximum absolute atomic E-state index is 12.3. The van der Waals surface area contributed by atoms with Crippen LogP contribution in [0.15, 0.2) is 82.7 Å². The molecule has 0 aliphatic carbocycles. The van der Waals surface area contributed by atoms with Gasteiger partial charge in [0.2, 0.25) is 0 Å². The lowest BCUT2D eigenvalue weighted by molar-refractivity contribution is 0.289. The molecule has 7 nitrogen and oxygen atoms in total. The number of hydrogen-bond acceptors (Lipinski definition) is 5. The summed E-state index contributed by atoms with van der Waals surface area (Å²) in [7, 11) is 0. The largest absolute Gasteiger partial charge is 0.485 e. The molecule has 0 aliphatic rings. The highest BCUT2D eigenvalue weighted by Crippen LogP contribution is 2.26. The zero-order chi connectivity index (χ0) is 24.2. The van der Waals surface area contributed by atoms with E-state index in [4.69, 9.17) is 4.74 Å². The molecule has 1 N–H and O–H groups in total. The molecule has 0 fully saturated rings. The average molecular weight is 486 g/mol. The van der Waals surface area contributed by atoms with Crippen LogP contribution in [-0.4, -0.2) is 30.1 Å². The first-order valence-electron chi connectivity index (χ1n) is 11.6. The number of nitrogens with zero attached hydrogens (tertiary/aromatic N) is 4. The van der Waals surface area contributed by atoms with Gasteiger partial charge in [-0.3, -0.25) is 9.13 Å². The minimum atomic E-state index is -0.0745. The number of H-pyrrole nitrogens is 1. The van der Waals surface area contributed by atoms with E-state index < -0.39 is 0 Å².